The molecule has 0 spiro atoms. The van der Waals surface area contributed by atoms with Crippen LogP contribution >= 0.6 is 0 Å². The normalized spacial score (nSPS) is 11.6. The van der Waals surface area contributed by atoms with Crippen molar-refractivity contribution in [2.24, 2.45) is 0 Å². The van der Waals surface area contributed by atoms with Gasteiger partial charge in [-0.3, -0.25) is 9.59 Å². The van der Waals surface area contributed by atoms with Gasteiger partial charge in [0, 0.05) is 48.4 Å². The largest absolute Gasteiger partial charge is 0.351 e. The first-order valence-electron chi connectivity index (χ1n) is 15.5. The highest BCUT2D eigenvalue weighted by molar-refractivity contribution is 5.98. The van der Waals surface area contributed by atoms with Crippen LogP contribution in [-0.4, -0.2) is 93.9 Å². The van der Waals surface area contributed by atoms with Crippen molar-refractivity contribution < 1.29 is 9.59 Å². The van der Waals surface area contributed by atoms with Crippen LogP contribution in [0.15, 0.2) is 60.7 Å². The van der Waals surface area contributed by atoms with Crippen molar-refractivity contribution in [3.05, 3.63) is 71.8 Å². The predicted octanol–water partition coefficient (Wildman–Crippen LogP) is 4.92. The van der Waals surface area contributed by atoms with E-state index in [1.54, 1.807) is 0 Å². The second-order valence-corrected chi connectivity index (χ2v) is 10.8. The Hall–Kier alpha value is -4.54. The van der Waals surface area contributed by atoms with E-state index in [0.717, 1.165) is 84.1 Å². The minimum absolute atomic E-state index is 0.0894. The molecule has 0 bridgehead atoms. The van der Waals surface area contributed by atoms with Crippen molar-refractivity contribution >= 4 is 33.9 Å². The molecule has 0 aliphatic rings. The van der Waals surface area contributed by atoms with Gasteiger partial charge in [-0.2, -0.15) is 0 Å². The zero-order valence-electron chi connectivity index (χ0n) is 26.0. The molecule has 0 unspecified atom stereocenters. The summed E-state index contributed by atoms with van der Waals surface area (Å²) in [7, 11) is 0. The van der Waals surface area contributed by atoms with Crippen molar-refractivity contribution in [2.75, 3.05) is 52.4 Å². The van der Waals surface area contributed by atoms with Gasteiger partial charge < -0.3 is 30.4 Å². The summed E-state index contributed by atoms with van der Waals surface area (Å²) >= 11 is 0. The van der Waals surface area contributed by atoms with E-state index in [0.29, 0.717) is 24.2 Å². The Morgan fingerprint density at radius 2 is 1.00 bits per heavy atom. The third kappa shape index (κ3) is 7.15. The van der Waals surface area contributed by atoms with Crippen LogP contribution < -0.4 is 10.6 Å². The quantitative estimate of drug-likeness (QED) is 0.145. The number of H-pyrrole nitrogens is 2. The van der Waals surface area contributed by atoms with Gasteiger partial charge in [0.15, 0.2) is 0 Å². The van der Waals surface area contributed by atoms with Gasteiger partial charge in [-0.25, -0.2) is 9.97 Å². The first-order chi connectivity index (χ1) is 21.4. The van der Waals surface area contributed by atoms with Gasteiger partial charge in [0.25, 0.3) is 11.8 Å². The van der Waals surface area contributed by atoms with Crippen molar-refractivity contribution in [1.82, 2.24) is 40.4 Å². The summed E-state index contributed by atoms with van der Waals surface area (Å²) in [6, 6.07) is 19.0. The van der Waals surface area contributed by atoms with E-state index in [1.807, 2.05) is 60.7 Å². The SMILES string of the molecule is CCN(CC)CCNC(=O)c1ccc2nc(-c3ccc(-c4nc5ccc(C(=O)NCCN(CC)CC)cc5[nH]4)cc3)[nH]c2c1. The van der Waals surface area contributed by atoms with E-state index in [4.69, 9.17) is 9.97 Å². The van der Waals surface area contributed by atoms with E-state index >= 15 is 0 Å². The summed E-state index contributed by atoms with van der Waals surface area (Å²) in [5.41, 5.74) is 6.28. The molecule has 2 amide bonds. The Kier molecular flexibility index (Phi) is 10.0. The van der Waals surface area contributed by atoms with Crippen LogP contribution in [0, 0.1) is 0 Å². The maximum Gasteiger partial charge on any atom is 0.251 e. The Balaban J connectivity index is 1.25. The molecule has 10 nitrogen and oxygen atoms in total. The van der Waals surface area contributed by atoms with Crippen molar-refractivity contribution in [3.8, 4) is 22.8 Å². The fourth-order valence-corrected chi connectivity index (χ4v) is 5.30. The average Bonchev–Trinajstić information content (AvgIpc) is 3.69. The summed E-state index contributed by atoms with van der Waals surface area (Å²) in [4.78, 5) is 46.2. The number of likely N-dealkylation sites (N-methyl/N-ethyl adjacent to an activating group) is 2. The molecule has 5 rings (SSSR count). The number of nitrogens with zero attached hydrogens (tertiary/aromatic N) is 4. The number of carbonyl (C=O) groups excluding carboxylic acids is 2. The third-order valence-electron chi connectivity index (χ3n) is 8.14. The molecular weight excluding hydrogens is 552 g/mol. The lowest BCUT2D eigenvalue weighted by atomic mass is 10.1. The number of imidazole rings is 2. The highest BCUT2D eigenvalue weighted by Gasteiger charge is 2.13. The second-order valence-electron chi connectivity index (χ2n) is 10.8. The van der Waals surface area contributed by atoms with E-state index in [2.05, 4.69) is 58.1 Å². The van der Waals surface area contributed by atoms with Gasteiger partial charge in [-0.1, -0.05) is 52.0 Å². The Morgan fingerprint density at radius 1 is 0.614 bits per heavy atom. The fourth-order valence-electron chi connectivity index (χ4n) is 5.30. The molecule has 0 radical (unpaired) electrons. The molecule has 44 heavy (non-hydrogen) atoms. The number of fused-ring (bicyclic) bond motifs is 2. The number of amides is 2. The minimum atomic E-state index is -0.0894. The van der Waals surface area contributed by atoms with E-state index < -0.39 is 0 Å². The van der Waals surface area contributed by atoms with Crippen LogP contribution in [-0.2, 0) is 0 Å². The summed E-state index contributed by atoms with van der Waals surface area (Å²) in [6.07, 6.45) is 0. The Morgan fingerprint density at radius 3 is 1.36 bits per heavy atom. The first-order valence-corrected chi connectivity index (χ1v) is 15.5. The summed E-state index contributed by atoms with van der Waals surface area (Å²) < 4.78 is 0. The van der Waals surface area contributed by atoms with Gasteiger partial charge in [-0.05, 0) is 62.6 Å². The topological polar surface area (TPSA) is 122 Å². The van der Waals surface area contributed by atoms with Gasteiger partial charge >= 0.3 is 0 Å². The molecule has 5 aromatic rings. The maximum absolute atomic E-state index is 12.7. The molecule has 0 aliphatic carbocycles. The van der Waals surface area contributed by atoms with Crippen LogP contribution in [0.1, 0.15) is 48.4 Å². The van der Waals surface area contributed by atoms with Crippen molar-refractivity contribution in [2.45, 2.75) is 27.7 Å². The molecule has 2 heterocycles. The summed E-state index contributed by atoms with van der Waals surface area (Å²) in [5, 5.41) is 6.02. The second kappa shape index (κ2) is 14.3. The number of aromatic nitrogens is 4. The van der Waals surface area contributed by atoms with E-state index in [1.165, 1.54) is 0 Å². The first kappa shape index (κ1) is 30.9. The van der Waals surface area contributed by atoms with Crippen molar-refractivity contribution in [1.29, 1.82) is 0 Å². The van der Waals surface area contributed by atoms with Gasteiger partial charge in [0.05, 0.1) is 22.1 Å². The van der Waals surface area contributed by atoms with Crippen LogP contribution in [0.3, 0.4) is 0 Å². The summed E-state index contributed by atoms with van der Waals surface area (Å²) in [5.74, 6) is 1.28. The van der Waals surface area contributed by atoms with Crippen LogP contribution in [0.2, 0.25) is 0 Å². The Labute approximate surface area is 258 Å². The number of hydrogen-bond donors (Lipinski definition) is 4. The van der Waals surface area contributed by atoms with Crippen LogP contribution in [0.25, 0.3) is 44.8 Å². The lowest BCUT2D eigenvalue weighted by molar-refractivity contribution is 0.0941. The number of benzene rings is 3. The third-order valence-corrected chi connectivity index (χ3v) is 8.14. The van der Waals surface area contributed by atoms with Crippen LogP contribution in [0.4, 0.5) is 0 Å². The smallest absolute Gasteiger partial charge is 0.251 e. The average molecular weight is 595 g/mol. The number of aromatic amines is 2. The molecule has 0 aliphatic heterocycles. The molecule has 10 heteroatoms. The number of rotatable bonds is 14. The predicted molar refractivity (Wildman–Crippen MR) is 177 cm³/mol. The lowest BCUT2D eigenvalue weighted by Gasteiger charge is -2.17. The number of carbonyl (C=O) groups is 2. The summed E-state index contributed by atoms with van der Waals surface area (Å²) in [6.45, 7) is 15.2. The lowest BCUT2D eigenvalue weighted by Crippen LogP contribution is -2.34. The standard InChI is InChI=1S/C34H42N8O2/c1-5-41(6-2)19-17-35-33(43)25-13-15-27-29(21-25)39-31(37-27)23-9-11-24(12-10-23)32-38-28-16-14-26(22-30(28)40-32)34(44)36-18-20-42(7-3)8-4/h9-16,21-22H,5-8,17-20H2,1-4H3,(H,35,43)(H,36,44)(H,37,39)(H,38,40). The monoisotopic (exact) mass is 594 g/mol. The molecule has 4 N–H and O–H groups in total. The highest BCUT2D eigenvalue weighted by Crippen LogP contribution is 2.26. The number of hydrogen-bond acceptors (Lipinski definition) is 6. The maximum atomic E-state index is 12.7. The van der Waals surface area contributed by atoms with Gasteiger partial charge in [-0.15, -0.1) is 0 Å². The zero-order valence-corrected chi connectivity index (χ0v) is 26.0. The Bertz CT molecular complexity index is 1590. The minimum Gasteiger partial charge on any atom is -0.351 e. The van der Waals surface area contributed by atoms with E-state index in [-0.39, 0.29) is 11.8 Å². The molecule has 0 saturated heterocycles. The molecule has 0 fully saturated rings. The molecular formula is C34H42N8O2. The van der Waals surface area contributed by atoms with E-state index in [9.17, 15) is 9.59 Å². The fraction of sp³-hybridized carbons (Fsp3) is 0.353. The molecule has 0 saturated carbocycles. The van der Waals surface area contributed by atoms with Gasteiger partial charge in [0.2, 0.25) is 0 Å². The van der Waals surface area contributed by atoms with Gasteiger partial charge in [0.1, 0.15) is 11.6 Å². The molecule has 2 aromatic heterocycles. The van der Waals surface area contributed by atoms with Crippen LogP contribution in [0.5, 0.6) is 0 Å². The van der Waals surface area contributed by atoms with Crippen molar-refractivity contribution in [3.63, 3.8) is 0 Å². The molecule has 3 aromatic carbocycles. The number of nitrogens with one attached hydrogen (secondary N) is 4. The highest BCUT2D eigenvalue weighted by atomic mass is 16.2. The zero-order chi connectivity index (χ0) is 31.1. The molecule has 0 atom stereocenters. The molecule has 230 valence electrons.